The van der Waals surface area contributed by atoms with Crippen molar-refractivity contribution in [1.29, 1.82) is 0 Å². The van der Waals surface area contributed by atoms with E-state index in [1.807, 2.05) is 0 Å². The molecule has 3 heteroatoms. The maximum atomic E-state index is 11.2. The van der Waals surface area contributed by atoms with E-state index in [9.17, 15) is 15.3 Å². The van der Waals surface area contributed by atoms with Gasteiger partial charge in [-0.1, -0.05) is 25.5 Å². The Morgan fingerprint density at radius 3 is 2.75 bits per heavy atom. The fraction of sp³-hybridized carbons (Fsp3) is 0.905. The van der Waals surface area contributed by atoms with Gasteiger partial charge < -0.3 is 15.3 Å². The number of aliphatic hydroxyl groups excluding tert-OH is 2. The van der Waals surface area contributed by atoms with Gasteiger partial charge in [-0.15, -0.1) is 0 Å². The lowest BCUT2D eigenvalue weighted by molar-refractivity contribution is -0.169. The van der Waals surface area contributed by atoms with Crippen molar-refractivity contribution in [3.05, 3.63) is 11.6 Å². The van der Waals surface area contributed by atoms with Crippen LogP contribution in [-0.4, -0.2) is 33.6 Å². The molecule has 0 aliphatic heterocycles. The molecule has 24 heavy (non-hydrogen) atoms. The molecule has 5 unspecified atom stereocenters. The fourth-order valence-corrected chi connectivity index (χ4v) is 8.42. The van der Waals surface area contributed by atoms with Crippen LogP contribution in [0, 0.1) is 40.4 Å². The van der Waals surface area contributed by atoms with Crippen molar-refractivity contribution in [2.45, 2.75) is 70.5 Å². The average molecular weight is 332 g/mol. The summed E-state index contributed by atoms with van der Waals surface area (Å²) in [5, 5.41) is 31.2. The van der Waals surface area contributed by atoms with Crippen molar-refractivity contribution in [3.63, 3.8) is 0 Å². The highest BCUT2D eigenvalue weighted by Crippen LogP contribution is 2.84. The molecule has 0 heterocycles. The summed E-state index contributed by atoms with van der Waals surface area (Å²) in [4.78, 5) is 0. The predicted octanol–water partition coefficient (Wildman–Crippen LogP) is 2.89. The van der Waals surface area contributed by atoms with Crippen LogP contribution in [-0.2, 0) is 0 Å². The Balaban J connectivity index is 1.56. The van der Waals surface area contributed by atoms with E-state index in [-0.39, 0.29) is 23.5 Å². The lowest BCUT2D eigenvalue weighted by Crippen LogP contribution is -2.58. The molecule has 0 saturated heterocycles. The molecule has 0 amide bonds. The van der Waals surface area contributed by atoms with Crippen LogP contribution in [0.4, 0.5) is 0 Å². The molecule has 0 aromatic carbocycles. The second-order valence-electron chi connectivity index (χ2n) is 10.1. The minimum atomic E-state index is -0.862. The van der Waals surface area contributed by atoms with Crippen LogP contribution in [0.3, 0.4) is 0 Å². The Labute approximate surface area is 145 Å². The zero-order chi connectivity index (χ0) is 16.9. The Morgan fingerprint density at radius 2 is 2.00 bits per heavy atom. The highest BCUT2D eigenvalue weighted by Gasteiger charge is 2.81. The Bertz CT molecular complexity index is 600. The molecule has 4 saturated carbocycles. The van der Waals surface area contributed by atoms with Crippen LogP contribution in [0.2, 0.25) is 0 Å². The molecule has 0 aromatic heterocycles. The van der Waals surface area contributed by atoms with E-state index in [1.54, 1.807) is 0 Å². The molecule has 3 N–H and O–H groups in total. The first-order valence-corrected chi connectivity index (χ1v) is 10.1. The molecule has 0 aromatic rings. The van der Waals surface area contributed by atoms with Crippen LogP contribution in [0.5, 0.6) is 0 Å². The Hall–Kier alpha value is -0.380. The molecule has 1 spiro atoms. The van der Waals surface area contributed by atoms with Crippen LogP contribution in [0.15, 0.2) is 11.6 Å². The summed E-state index contributed by atoms with van der Waals surface area (Å²) in [6, 6.07) is 0. The third-order valence-corrected chi connectivity index (χ3v) is 9.43. The minimum Gasteiger partial charge on any atom is -0.393 e. The van der Waals surface area contributed by atoms with Gasteiger partial charge in [0.1, 0.15) is 0 Å². The molecule has 5 aliphatic rings. The quantitative estimate of drug-likeness (QED) is 0.647. The second kappa shape index (κ2) is 4.66. The van der Waals surface area contributed by atoms with Gasteiger partial charge in [-0.25, -0.2) is 0 Å². The van der Waals surface area contributed by atoms with E-state index < -0.39 is 5.60 Å². The fourth-order valence-electron chi connectivity index (χ4n) is 8.42. The van der Waals surface area contributed by atoms with Gasteiger partial charge in [-0.2, -0.15) is 0 Å². The van der Waals surface area contributed by atoms with Crippen LogP contribution in [0.25, 0.3) is 0 Å². The third-order valence-electron chi connectivity index (χ3n) is 9.43. The first kappa shape index (κ1) is 15.8. The molecule has 0 bridgehead atoms. The Morgan fingerprint density at radius 1 is 1.21 bits per heavy atom. The summed E-state index contributed by atoms with van der Waals surface area (Å²) in [5.74, 6) is 3.34. The summed E-state index contributed by atoms with van der Waals surface area (Å²) in [6.45, 7) is 4.62. The highest BCUT2D eigenvalue weighted by atomic mass is 16.3. The summed E-state index contributed by atoms with van der Waals surface area (Å²) < 4.78 is 0. The normalized spacial score (nSPS) is 61.3. The number of rotatable bonds is 1. The van der Waals surface area contributed by atoms with Crippen molar-refractivity contribution in [2.24, 2.45) is 40.4 Å². The number of allylic oxidation sites excluding steroid dienone is 1. The first-order chi connectivity index (χ1) is 11.4. The molecular weight excluding hydrogens is 300 g/mol. The van der Waals surface area contributed by atoms with Crippen LogP contribution in [0.1, 0.15) is 58.8 Å². The molecular formula is C21H32O3. The first-order valence-electron chi connectivity index (χ1n) is 10.1. The van der Waals surface area contributed by atoms with Gasteiger partial charge in [0.05, 0.1) is 18.3 Å². The van der Waals surface area contributed by atoms with Crippen molar-refractivity contribution < 1.29 is 15.3 Å². The standard InChI is InChI=1S/C21H32O3/c1-12-7-13-8-15(23)3-4-16(13)17-5-6-19(2)20(24,11-22)9-14-10-21(14,19)18(12)17/h8,12,14-18,22-24H,3-7,9-11H2,1-2H3/t12?,14?,15?,16-,17+,18+,19+,20?,21?/m0/s1. The van der Waals surface area contributed by atoms with Crippen molar-refractivity contribution in [2.75, 3.05) is 6.61 Å². The van der Waals surface area contributed by atoms with Crippen molar-refractivity contribution in [1.82, 2.24) is 0 Å². The molecule has 4 fully saturated rings. The largest absolute Gasteiger partial charge is 0.393 e. The van der Waals surface area contributed by atoms with E-state index in [1.165, 1.54) is 18.4 Å². The maximum absolute atomic E-state index is 11.2. The van der Waals surface area contributed by atoms with Gasteiger partial charge in [0, 0.05) is 5.41 Å². The van der Waals surface area contributed by atoms with E-state index in [0.29, 0.717) is 23.7 Å². The number of fused-ring (bicyclic) bond motifs is 3. The van der Waals surface area contributed by atoms with E-state index >= 15 is 0 Å². The van der Waals surface area contributed by atoms with Crippen LogP contribution >= 0.6 is 0 Å². The smallest absolute Gasteiger partial charge is 0.0938 e. The minimum absolute atomic E-state index is 0.0751. The zero-order valence-corrected chi connectivity index (χ0v) is 15.0. The molecule has 9 atom stereocenters. The van der Waals surface area contributed by atoms with E-state index in [0.717, 1.165) is 38.0 Å². The lowest BCUT2D eigenvalue weighted by atomic mass is 9.46. The topological polar surface area (TPSA) is 60.7 Å². The molecule has 5 rings (SSSR count). The summed E-state index contributed by atoms with van der Waals surface area (Å²) >= 11 is 0. The Kier molecular flexibility index (Phi) is 3.08. The van der Waals surface area contributed by atoms with Crippen molar-refractivity contribution >= 4 is 0 Å². The summed E-state index contributed by atoms with van der Waals surface area (Å²) in [6.07, 6.45) is 9.43. The number of hydrogen-bond donors (Lipinski definition) is 3. The van der Waals surface area contributed by atoms with Crippen molar-refractivity contribution in [3.8, 4) is 0 Å². The van der Waals surface area contributed by atoms with Gasteiger partial charge in [0.25, 0.3) is 0 Å². The lowest BCUT2D eigenvalue weighted by Gasteiger charge is -2.60. The summed E-state index contributed by atoms with van der Waals surface area (Å²) in [7, 11) is 0. The van der Waals surface area contributed by atoms with Gasteiger partial charge >= 0.3 is 0 Å². The number of hydrogen-bond acceptors (Lipinski definition) is 3. The second-order valence-corrected chi connectivity index (χ2v) is 10.1. The monoisotopic (exact) mass is 332 g/mol. The highest BCUT2D eigenvalue weighted by molar-refractivity contribution is 5.32. The van der Waals surface area contributed by atoms with Gasteiger partial charge in [0.2, 0.25) is 0 Å². The summed E-state index contributed by atoms with van der Waals surface area (Å²) in [5.41, 5.74) is 0.827. The zero-order valence-electron chi connectivity index (χ0n) is 15.0. The number of aliphatic hydroxyl groups is 3. The predicted molar refractivity (Wildman–Crippen MR) is 92.1 cm³/mol. The third kappa shape index (κ3) is 1.61. The average Bonchev–Trinajstić information content (AvgIpc) is 3.19. The molecule has 134 valence electrons. The van der Waals surface area contributed by atoms with E-state index in [4.69, 9.17) is 0 Å². The molecule has 5 aliphatic carbocycles. The van der Waals surface area contributed by atoms with E-state index in [2.05, 4.69) is 19.9 Å². The van der Waals surface area contributed by atoms with Crippen LogP contribution < -0.4 is 0 Å². The van der Waals surface area contributed by atoms with Gasteiger partial charge in [0.15, 0.2) is 0 Å². The maximum Gasteiger partial charge on any atom is 0.0938 e. The van der Waals surface area contributed by atoms with Gasteiger partial charge in [-0.05, 0) is 80.0 Å². The van der Waals surface area contributed by atoms with Gasteiger partial charge in [-0.3, -0.25) is 0 Å². The SMILES string of the molecule is CC1CC2=CC(O)CC[C@@H]2[C@H]2CC[C@]3(C)C(O)(CO)CC4CC43[C@H]12. The molecule has 3 nitrogen and oxygen atoms in total. The molecule has 0 radical (unpaired) electrons.